The van der Waals surface area contributed by atoms with Crippen molar-refractivity contribution in [3.63, 3.8) is 0 Å². The van der Waals surface area contributed by atoms with E-state index in [2.05, 4.69) is 9.97 Å². The maximum absolute atomic E-state index is 13.7. The van der Waals surface area contributed by atoms with E-state index in [-0.39, 0.29) is 12.4 Å². The van der Waals surface area contributed by atoms with Crippen molar-refractivity contribution in [1.29, 1.82) is 0 Å². The summed E-state index contributed by atoms with van der Waals surface area (Å²) in [4.78, 5) is 9.30. The van der Waals surface area contributed by atoms with E-state index in [0.29, 0.717) is 36.6 Å². The third-order valence-corrected chi connectivity index (χ3v) is 3.88. The Hall–Kier alpha value is -2.28. The van der Waals surface area contributed by atoms with E-state index >= 15 is 0 Å². The van der Waals surface area contributed by atoms with E-state index in [1.54, 1.807) is 12.1 Å². The monoisotopic (exact) mass is 343 g/mol. The molecule has 2 N–H and O–H groups in total. The lowest BCUT2D eigenvalue weighted by molar-refractivity contribution is 0.0124. The molecule has 1 aromatic heterocycles. The van der Waals surface area contributed by atoms with Gasteiger partial charge in [-0.3, -0.25) is 4.90 Å². The fourth-order valence-electron chi connectivity index (χ4n) is 2.74. The van der Waals surface area contributed by atoms with Gasteiger partial charge in [0.25, 0.3) is 0 Å². The lowest BCUT2D eigenvalue weighted by Gasteiger charge is -2.19. The molecule has 3 aromatic rings. The average molecular weight is 343 g/mol. The van der Waals surface area contributed by atoms with Gasteiger partial charge in [-0.05, 0) is 24.7 Å². The van der Waals surface area contributed by atoms with E-state index in [4.69, 9.17) is 4.74 Å². The number of hydrogen-bond acceptors (Lipinski definition) is 4. The first-order valence-electron chi connectivity index (χ1n) is 8.23. The van der Waals surface area contributed by atoms with Crippen molar-refractivity contribution in [2.24, 2.45) is 0 Å². The molecule has 0 saturated heterocycles. The van der Waals surface area contributed by atoms with Crippen LogP contribution in [0, 0.1) is 5.82 Å². The number of likely N-dealkylation sites (N-methyl/N-ethyl adjacent to an activating group) is 1. The van der Waals surface area contributed by atoms with Crippen LogP contribution in [0.5, 0.6) is 0 Å². The maximum Gasteiger partial charge on any atom is 0.151 e. The number of aliphatic hydroxyl groups excluding tert-OH is 1. The molecule has 25 heavy (non-hydrogen) atoms. The molecule has 0 spiro atoms. The van der Waals surface area contributed by atoms with Gasteiger partial charge < -0.3 is 14.8 Å². The zero-order chi connectivity index (χ0) is 17.6. The fourth-order valence-corrected chi connectivity index (χ4v) is 2.74. The second-order valence-corrected chi connectivity index (χ2v) is 6.17. The summed E-state index contributed by atoms with van der Waals surface area (Å²) < 4.78 is 19.2. The Morgan fingerprint density at radius 1 is 1.20 bits per heavy atom. The number of nitrogens with one attached hydrogen (secondary N) is 1. The van der Waals surface area contributed by atoms with Crippen LogP contribution in [0.2, 0.25) is 0 Å². The van der Waals surface area contributed by atoms with Crippen LogP contribution in [0.1, 0.15) is 11.4 Å². The zero-order valence-corrected chi connectivity index (χ0v) is 14.2. The molecule has 0 radical (unpaired) electrons. The molecule has 0 saturated carbocycles. The Labute approximate surface area is 146 Å². The Bertz CT molecular complexity index is 807. The number of imidazole rings is 1. The molecule has 0 aliphatic heterocycles. The van der Waals surface area contributed by atoms with Crippen molar-refractivity contribution >= 4 is 11.0 Å². The van der Waals surface area contributed by atoms with Gasteiger partial charge in [0.1, 0.15) is 11.3 Å². The first-order chi connectivity index (χ1) is 12.1. The summed E-state index contributed by atoms with van der Waals surface area (Å²) in [5.41, 5.74) is 2.10. The van der Waals surface area contributed by atoms with Crippen molar-refractivity contribution in [3.8, 4) is 0 Å². The number of aromatic amines is 1. The first-order valence-corrected chi connectivity index (χ1v) is 8.23. The molecule has 2 aromatic carbocycles. The third kappa shape index (κ3) is 4.85. The smallest absolute Gasteiger partial charge is 0.151 e. The van der Waals surface area contributed by atoms with Gasteiger partial charge in [-0.1, -0.05) is 36.4 Å². The minimum atomic E-state index is -0.602. The highest BCUT2D eigenvalue weighted by Gasteiger charge is 2.12. The number of aromatic nitrogens is 2. The highest BCUT2D eigenvalue weighted by Crippen LogP contribution is 2.15. The van der Waals surface area contributed by atoms with Crippen molar-refractivity contribution < 1.29 is 14.2 Å². The number of aliphatic hydroxyl groups is 1. The number of benzene rings is 2. The topological polar surface area (TPSA) is 61.4 Å². The average Bonchev–Trinajstić information content (AvgIpc) is 2.99. The van der Waals surface area contributed by atoms with Crippen molar-refractivity contribution in [1.82, 2.24) is 14.9 Å². The molecule has 5 nitrogen and oxygen atoms in total. The van der Waals surface area contributed by atoms with Crippen molar-refractivity contribution in [3.05, 3.63) is 65.7 Å². The molecule has 0 bridgehead atoms. The van der Waals surface area contributed by atoms with Crippen molar-refractivity contribution in [2.45, 2.75) is 19.3 Å². The second-order valence-electron chi connectivity index (χ2n) is 6.17. The molecule has 0 fully saturated rings. The lowest BCUT2D eigenvalue weighted by Crippen LogP contribution is -2.32. The minimum Gasteiger partial charge on any atom is -0.389 e. The van der Waals surface area contributed by atoms with Gasteiger partial charge in [-0.2, -0.15) is 0 Å². The van der Waals surface area contributed by atoms with Gasteiger partial charge in [0.2, 0.25) is 0 Å². The van der Waals surface area contributed by atoms with Crippen LogP contribution < -0.4 is 0 Å². The molecule has 132 valence electrons. The number of hydrogen-bond donors (Lipinski definition) is 2. The van der Waals surface area contributed by atoms with E-state index in [0.717, 1.165) is 5.56 Å². The number of para-hydroxylation sites is 1. The molecule has 1 atom stereocenters. The summed E-state index contributed by atoms with van der Waals surface area (Å²) in [5.74, 6) is 0.331. The second kappa shape index (κ2) is 8.20. The molecule has 1 unspecified atom stereocenters. The Morgan fingerprint density at radius 3 is 2.76 bits per heavy atom. The van der Waals surface area contributed by atoms with Gasteiger partial charge in [-0.15, -0.1) is 0 Å². The van der Waals surface area contributed by atoms with Gasteiger partial charge in [0, 0.05) is 6.54 Å². The number of ether oxygens (including phenoxy) is 1. The minimum absolute atomic E-state index is 0.258. The predicted octanol–water partition coefficient (Wildman–Crippen LogP) is 2.71. The SMILES string of the molecule is CN(Cc1nc2c(F)cccc2[nH]1)CC(O)COCc1ccccc1. The van der Waals surface area contributed by atoms with Crippen LogP contribution >= 0.6 is 0 Å². The van der Waals surface area contributed by atoms with Crippen molar-refractivity contribution in [2.75, 3.05) is 20.2 Å². The summed E-state index contributed by atoms with van der Waals surface area (Å²) in [6.07, 6.45) is -0.602. The van der Waals surface area contributed by atoms with Crippen LogP contribution in [0.15, 0.2) is 48.5 Å². The molecule has 1 heterocycles. The standard InChI is InChI=1S/C19H22FN3O2/c1-23(10-15(24)13-25-12-14-6-3-2-4-7-14)11-18-21-17-9-5-8-16(20)19(17)22-18/h2-9,15,24H,10-13H2,1H3,(H,21,22). The van der Waals surface area contributed by atoms with Crippen LogP contribution in [0.4, 0.5) is 4.39 Å². The summed E-state index contributed by atoms with van der Waals surface area (Å²) in [6.45, 7) is 1.66. The molecular formula is C19H22FN3O2. The number of H-pyrrole nitrogens is 1. The molecule has 6 heteroatoms. The zero-order valence-electron chi connectivity index (χ0n) is 14.2. The lowest BCUT2D eigenvalue weighted by atomic mass is 10.2. The largest absolute Gasteiger partial charge is 0.389 e. The number of rotatable bonds is 8. The van der Waals surface area contributed by atoms with E-state index < -0.39 is 6.10 Å². The molecule has 0 aliphatic rings. The summed E-state index contributed by atoms with van der Waals surface area (Å²) in [6, 6.07) is 14.7. The maximum atomic E-state index is 13.7. The molecule has 0 amide bonds. The number of nitrogens with zero attached hydrogens (tertiary/aromatic N) is 2. The quantitative estimate of drug-likeness (QED) is 0.660. The highest BCUT2D eigenvalue weighted by molar-refractivity contribution is 5.75. The highest BCUT2D eigenvalue weighted by atomic mass is 19.1. The predicted molar refractivity (Wildman–Crippen MR) is 94.5 cm³/mol. The first kappa shape index (κ1) is 17.5. The fraction of sp³-hybridized carbons (Fsp3) is 0.316. The third-order valence-electron chi connectivity index (χ3n) is 3.88. The number of halogens is 1. The Balaban J connectivity index is 1.46. The van der Waals surface area contributed by atoms with E-state index in [1.807, 2.05) is 42.3 Å². The van der Waals surface area contributed by atoms with Crippen LogP contribution in [-0.2, 0) is 17.9 Å². The summed E-state index contributed by atoms with van der Waals surface area (Å²) in [5, 5.41) is 10.1. The van der Waals surface area contributed by atoms with Crippen LogP contribution in [-0.4, -0.2) is 46.3 Å². The number of fused-ring (bicyclic) bond motifs is 1. The van der Waals surface area contributed by atoms with Gasteiger partial charge >= 0.3 is 0 Å². The van der Waals surface area contributed by atoms with Gasteiger partial charge in [0.05, 0.1) is 31.4 Å². The molecule has 0 aliphatic carbocycles. The van der Waals surface area contributed by atoms with Gasteiger partial charge in [0.15, 0.2) is 5.82 Å². The van der Waals surface area contributed by atoms with E-state index in [9.17, 15) is 9.50 Å². The summed E-state index contributed by atoms with van der Waals surface area (Å²) in [7, 11) is 1.88. The molecular weight excluding hydrogens is 321 g/mol. The van der Waals surface area contributed by atoms with Crippen LogP contribution in [0.25, 0.3) is 11.0 Å². The Morgan fingerprint density at radius 2 is 2.00 bits per heavy atom. The van der Waals surface area contributed by atoms with Gasteiger partial charge in [-0.25, -0.2) is 9.37 Å². The normalized spacial score (nSPS) is 12.8. The summed E-state index contributed by atoms with van der Waals surface area (Å²) >= 11 is 0. The van der Waals surface area contributed by atoms with Crippen LogP contribution in [0.3, 0.4) is 0 Å². The Kier molecular flexibility index (Phi) is 5.75. The van der Waals surface area contributed by atoms with E-state index in [1.165, 1.54) is 6.07 Å². The molecule has 3 rings (SSSR count).